The summed E-state index contributed by atoms with van der Waals surface area (Å²) in [7, 11) is 0. The number of aromatic nitrogens is 4. The molecule has 0 atom stereocenters. The highest BCUT2D eigenvalue weighted by Crippen LogP contribution is 2.27. The average molecular weight is 394 g/mol. The van der Waals surface area contributed by atoms with Crippen molar-refractivity contribution < 1.29 is 9.53 Å². The third-order valence-electron chi connectivity index (χ3n) is 5.03. The maximum absolute atomic E-state index is 12.0. The van der Waals surface area contributed by atoms with Crippen molar-refractivity contribution in [3.63, 3.8) is 0 Å². The van der Waals surface area contributed by atoms with Gasteiger partial charge in [0.15, 0.2) is 5.65 Å². The fourth-order valence-electron chi connectivity index (χ4n) is 3.59. The standard InChI is InChI=1S/C21H26N6O2/c1-3-8-18-23-19(25-11-13-26(14-12-25)21(28)29-4-2)17-15-22-27(20(17)24-18)16-9-6-5-7-10-16/h5-7,9-10,15H,3-4,8,11-14H2,1-2H3. The van der Waals surface area contributed by atoms with Crippen molar-refractivity contribution in [3.05, 3.63) is 42.4 Å². The van der Waals surface area contributed by atoms with Crippen molar-refractivity contribution in [3.8, 4) is 5.69 Å². The van der Waals surface area contributed by atoms with E-state index >= 15 is 0 Å². The molecule has 1 aliphatic heterocycles. The van der Waals surface area contributed by atoms with Crippen LogP contribution in [0, 0.1) is 0 Å². The molecule has 1 saturated heterocycles. The first-order valence-corrected chi connectivity index (χ1v) is 10.2. The maximum atomic E-state index is 12.0. The first-order chi connectivity index (χ1) is 14.2. The Balaban J connectivity index is 1.67. The molecular formula is C21H26N6O2. The number of carbonyl (C=O) groups excluding carboxylic acids is 1. The lowest BCUT2D eigenvalue weighted by molar-refractivity contribution is 0.105. The minimum Gasteiger partial charge on any atom is -0.450 e. The van der Waals surface area contributed by atoms with Gasteiger partial charge in [0.25, 0.3) is 0 Å². The third kappa shape index (κ3) is 3.87. The molecule has 4 rings (SSSR count). The van der Waals surface area contributed by atoms with E-state index in [0.29, 0.717) is 32.8 Å². The summed E-state index contributed by atoms with van der Waals surface area (Å²) in [6.45, 7) is 6.97. The second-order valence-corrected chi connectivity index (χ2v) is 7.02. The van der Waals surface area contributed by atoms with Crippen LogP contribution in [0.2, 0.25) is 0 Å². The smallest absolute Gasteiger partial charge is 0.409 e. The van der Waals surface area contributed by atoms with Gasteiger partial charge in [-0.25, -0.2) is 19.4 Å². The van der Waals surface area contributed by atoms with Crippen LogP contribution in [0.25, 0.3) is 16.7 Å². The maximum Gasteiger partial charge on any atom is 0.409 e. The number of ether oxygens (including phenoxy) is 1. The van der Waals surface area contributed by atoms with Crippen LogP contribution in [-0.2, 0) is 11.2 Å². The number of fused-ring (bicyclic) bond motifs is 1. The predicted octanol–water partition coefficient (Wildman–Crippen LogP) is 3.05. The summed E-state index contributed by atoms with van der Waals surface area (Å²) in [6.07, 6.45) is 3.38. The average Bonchev–Trinajstić information content (AvgIpc) is 3.18. The zero-order valence-corrected chi connectivity index (χ0v) is 16.9. The molecule has 0 radical (unpaired) electrons. The van der Waals surface area contributed by atoms with Gasteiger partial charge in [-0.15, -0.1) is 0 Å². The summed E-state index contributed by atoms with van der Waals surface area (Å²) >= 11 is 0. The van der Waals surface area contributed by atoms with E-state index in [0.717, 1.165) is 41.2 Å². The first-order valence-electron chi connectivity index (χ1n) is 10.2. The van der Waals surface area contributed by atoms with Gasteiger partial charge in [0, 0.05) is 32.6 Å². The molecule has 1 fully saturated rings. The van der Waals surface area contributed by atoms with Gasteiger partial charge in [-0.2, -0.15) is 5.10 Å². The normalized spacial score (nSPS) is 14.4. The molecule has 3 aromatic rings. The molecule has 8 nitrogen and oxygen atoms in total. The Morgan fingerprint density at radius 1 is 1.07 bits per heavy atom. The molecule has 2 aromatic heterocycles. The van der Waals surface area contributed by atoms with Gasteiger partial charge in [-0.05, 0) is 25.5 Å². The van der Waals surface area contributed by atoms with Crippen molar-refractivity contribution >= 4 is 22.9 Å². The van der Waals surface area contributed by atoms with Crippen molar-refractivity contribution in [2.24, 2.45) is 0 Å². The second-order valence-electron chi connectivity index (χ2n) is 7.02. The number of piperazine rings is 1. The molecule has 0 aliphatic carbocycles. The Kier molecular flexibility index (Phi) is 5.59. The lowest BCUT2D eigenvalue weighted by Gasteiger charge is -2.35. The zero-order chi connectivity index (χ0) is 20.2. The number of hydrogen-bond acceptors (Lipinski definition) is 6. The largest absolute Gasteiger partial charge is 0.450 e. The number of anilines is 1. The Hall–Kier alpha value is -3.16. The monoisotopic (exact) mass is 394 g/mol. The minimum absolute atomic E-state index is 0.247. The van der Waals surface area contributed by atoms with Crippen LogP contribution < -0.4 is 4.90 Å². The van der Waals surface area contributed by atoms with E-state index in [4.69, 9.17) is 14.7 Å². The van der Waals surface area contributed by atoms with E-state index in [1.54, 1.807) is 4.90 Å². The van der Waals surface area contributed by atoms with Crippen molar-refractivity contribution in [1.82, 2.24) is 24.6 Å². The van der Waals surface area contributed by atoms with E-state index < -0.39 is 0 Å². The first kappa shape index (κ1) is 19.2. The summed E-state index contributed by atoms with van der Waals surface area (Å²) in [6, 6.07) is 10.0. The highest BCUT2D eigenvalue weighted by Gasteiger charge is 2.25. The second kappa shape index (κ2) is 8.46. The number of para-hydroxylation sites is 1. The van der Waals surface area contributed by atoms with Crippen LogP contribution in [0.3, 0.4) is 0 Å². The number of nitrogens with zero attached hydrogens (tertiary/aromatic N) is 6. The van der Waals surface area contributed by atoms with Crippen molar-refractivity contribution in [1.29, 1.82) is 0 Å². The lowest BCUT2D eigenvalue weighted by Crippen LogP contribution is -2.49. The van der Waals surface area contributed by atoms with Crippen LogP contribution in [0.4, 0.5) is 10.6 Å². The number of hydrogen-bond donors (Lipinski definition) is 0. The fraction of sp³-hybridized carbons (Fsp3) is 0.429. The topological polar surface area (TPSA) is 76.4 Å². The molecule has 0 unspecified atom stereocenters. The Morgan fingerprint density at radius 2 is 1.83 bits per heavy atom. The van der Waals surface area contributed by atoms with Gasteiger partial charge in [0.05, 0.1) is 23.9 Å². The summed E-state index contributed by atoms with van der Waals surface area (Å²) in [5.74, 6) is 1.71. The molecule has 0 spiro atoms. The summed E-state index contributed by atoms with van der Waals surface area (Å²) in [5, 5.41) is 5.52. The fourth-order valence-corrected chi connectivity index (χ4v) is 3.59. The molecule has 29 heavy (non-hydrogen) atoms. The summed E-state index contributed by atoms with van der Waals surface area (Å²) in [4.78, 5) is 25.6. The molecule has 0 bridgehead atoms. The van der Waals surface area contributed by atoms with Crippen LogP contribution >= 0.6 is 0 Å². The van der Waals surface area contributed by atoms with Crippen LogP contribution in [0.5, 0.6) is 0 Å². The van der Waals surface area contributed by atoms with E-state index in [1.807, 2.05) is 48.1 Å². The minimum atomic E-state index is -0.247. The molecule has 1 aliphatic rings. The van der Waals surface area contributed by atoms with E-state index in [2.05, 4.69) is 16.9 Å². The van der Waals surface area contributed by atoms with E-state index in [9.17, 15) is 4.79 Å². The lowest BCUT2D eigenvalue weighted by atomic mass is 10.2. The van der Waals surface area contributed by atoms with Gasteiger partial charge in [0.2, 0.25) is 0 Å². The molecule has 8 heteroatoms. The number of benzene rings is 1. The van der Waals surface area contributed by atoms with E-state index in [-0.39, 0.29) is 6.09 Å². The molecule has 0 N–H and O–H groups in total. The SMILES string of the molecule is CCCc1nc(N2CCN(C(=O)OCC)CC2)c2cnn(-c3ccccc3)c2n1. The summed E-state index contributed by atoms with van der Waals surface area (Å²) < 4.78 is 7.00. The van der Waals surface area contributed by atoms with Crippen LogP contribution in [0.1, 0.15) is 26.1 Å². The van der Waals surface area contributed by atoms with Crippen LogP contribution in [0.15, 0.2) is 36.5 Å². The Morgan fingerprint density at radius 3 is 2.52 bits per heavy atom. The van der Waals surface area contributed by atoms with E-state index in [1.165, 1.54) is 0 Å². The van der Waals surface area contributed by atoms with Gasteiger partial charge < -0.3 is 14.5 Å². The highest BCUT2D eigenvalue weighted by atomic mass is 16.6. The zero-order valence-electron chi connectivity index (χ0n) is 16.9. The molecule has 1 amide bonds. The number of rotatable bonds is 5. The number of aryl methyl sites for hydroxylation is 1. The Bertz CT molecular complexity index is 980. The summed E-state index contributed by atoms with van der Waals surface area (Å²) in [5.41, 5.74) is 1.79. The molecule has 0 saturated carbocycles. The van der Waals surface area contributed by atoms with Crippen molar-refractivity contribution in [2.75, 3.05) is 37.7 Å². The molecule has 152 valence electrons. The highest BCUT2D eigenvalue weighted by molar-refractivity contribution is 5.88. The molecule has 3 heterocycles. The van der Waals surface area contributed by atoms with Gasteiger partial charge in [-0.3, -0.25) is 0 Å². The van der Waals surface area contributed by atoms with Gasteiger partial charge in [-0.1, -0.05) is 25.1 Å². The quantitative estimate of drug-likeness (QED) is 0.662. The number of carbonyl (C=O) groups is 1. The third-order valence-corrected chi connectivity index (χ3v) is 5.03. The van der Waals surface area contributed by atoms with Gasteiger partial charge in [0.1, 0.15) is 11.6 Å². The van der Waals surface area contributed by atoms with Crippen LogP contribution in [-0.4, -0.2) is 63.5 Å². The Labute approximate surface area is 170 Å². The predicted molar refractivity (Wildman–Crippen MR) is 111 cm³/mol. The molecule has 1 aromatic carbocycles. The van der Waals surface area contributed by atoms with Crippen molar-refractivity contribution in [2.45, 2.75) is 26.7 Å². The van der Waals surface area contributed by atoms with Gasteiger partial charge >= 0.3 is 6.09 Å². The molecular weight excluding hydrogens is 368 g/mol. The number of amides is 1.